The van der Waals surface area contributed by atoms with Crippen LogP contribution < -0.4 is 5.73 Å². The summed E-state index contributed by atoms with van der Waals surface area (Å²) in [6.07, 6.45) is 6.53. The van der Waals surface area contributed by atoms with Gasteiger partial charge in [-0.3, -0.25) is 4.98 Å². The van der Waals surface area contributed by atoms with Crippen molar-refractivity contribution in [3.05, 3.63) is 53.0 Å². The van der Waals surface area contributed by atoms with Crippen LogP contribution in [-0.4, -0.2) is 40.8 Å². The first kappa shape index (κ1) is 18.3. The zero-order valence-electron chi connectivity index (χ0n) is 14.4. The Bertz CT molecular complexity index is 1100. The maximum Gasteiger partial charge on any atom is 0.243 e. The zero-order valence-corrected chi connectivity index (χ0v) is 16.8. The Morgan fingerprint density at radius 2 is 2.07 bits per heavy atom. The van der Waals surface area contributed by atoms with Crippen molar-refractivity contribution in [3.8, 4) is 0 Å². The number of halogens is 1. The Labute approximate surface area is 165 Å². The fourth-order valence-corrected chi connectivity index (χ4v) is 5.98. The Morgan fingerprint density at radius 1 is 1.22 bits per heavy atom. The molecule has 1 unspecified atom stereocenters. The second-order valence-electron chi connectivity index (χ2n) is 6.52. The molecule has 1 aliphatic heterocycles. The van der Waals surface area contributed by atoms with E-state index in [0.29, 0.717) is 22.9 Å². The zero-order chi connectivity index (χ0) is 19.0. The van der Waals surface area contributed by atoms with Gasteiger partial charge in [-0.05, 0) is 40.9 Å². The lowest BCUT2D eigenvalue weighted by molar-refractivity contribution is 0.313. The van der Waals surface area contributed by atoms with Gasteiger partial charge in [-0.1, -0.05) is 12.1 Å². The SMILES string of the molecule is Nc1nccc(C2CCCN(S(=O)(=O)c3cccc4cncc(Br)c34)C2)n1. The number of nitrogens with zero attached hydrogens (tertiary/aromatic N) is 4. The number of sulfonamides is 1. The second kappa shape index (κ2) is 7.14. The van der Waals surface area contributed by atoms with Crippen LogP contribution in [0.3, 0.4) is 0 Å². The summed E-state index contributed by atoms with van der Waals surface area (Å²) in [5.41, 5.74) is 6.47. The molecule has 1 fully saturated rings. The van der Waals surface area contributed by atoms with E-state index in [9.17, 15) is 8.42 Å². The third-order valence-electron chi connectivity index (χ3n) is 4.81. The number of rotatable bonds is 3. The molecule has 0 aliphatic carbocycles. The number of nitrogens with two attached hydrogens (primary N) is 1. The van der Waals surface area contributed by atoms with Gasteiger partial charge in [-0.2, -0.15) is 4.31 Å². The molecular formula is C18H18BrN5O2S. The third-order valence-corrected chi connectivity index (χ3v) is 7.32. The average molecular weight is 448 g/mol. The van der Waals surface area contributed by atoms with Gasteiger partial charge < -0.3 is 5.73 Å². The molecule has 1 aromatic carbocycles. The number of anilines is 1. The van der Waals surface area contributed by atoms with Gasteiger partial charge in [0, 0.05) is 52.8 Å². The fourth-order valence-electron chi connectivity index (χ4n) is 3.53. The van der Waals surface area contributed by atoms with Gasteiger partial charge in [0.1, 0.15) is 0 Å². The Kier molecular flexibility index (Phi) is 4.83. The lowest BCUT2D eigenvalue weighted by Gasteiger charge is -2.32. The van der Waals surface area contributed by atoms with Crippen molar-refractivity contribution in [2.75, 3.05) is 18.8 Å². The summed E-state index contributed by atoms with van der Waals surface area (Å²) >= 11 is 3.44. The van der Waals surface area contributed by atoms with Crippen LogP contribution in [0.15, 0.2) is 52.2 Å². The number of benzene rings is 1. The van der Waals surface area contributed by atoms with Crippen LogP contribution in [0.2, 0.25) is 0 Å². The highest BCUT2D eigenvalue weighted by atomic mass is 79.9. The van der Waals surface area contributed by atoms with Crippen molar-refractivity contribution in [1.29, 1.82) is 0 Å². The molecule has 3 heterocycles. The number of aromatic nitrogens is 3. The molecule has 1 atom stereocenters. The Hall–Kier alpha value is -2.10. The lowest BCUT2D eigenvalue weighted by Crippen LogP contribution is -2.39. The monoisotopic (exact) mass is 447 g/mol. The molecule has 2 aromatic heterocycles. The Morgan fingerprint density at radius 3 is 2.89 bits per heavy atom. The number of piperidine rings is 1. The molecule has 0 amide bonds. The van der Waals surface area contributed by atoms with Crippen LogP contribution >= 0.6 is 15.9 Å². The minimum absolute atomic E-state index is 0.00101. The molecule has 27 heavy (non-hydrogen) atoms. The van der Waals surface area contributed by atoms with Gasteiger partial charge in [-0.25, -0.2) is 18.4 Å². The summed E-state index contributed by atoms with van der Waals surface area (Å²) < 4.78 is 29.1. The number of hydrogen-bond donors (Lipinski definition) is 1. The van der Waals surface area contributed by atoms with E-state index in [1.54, 1.807) is 41.1 Å². The average Bonchev–Trinajstić information content (AvgIpc) is 2.68. The van der Waals surface area contributed by atoms with Gasteiger partial charge >= 0.3 is 0 Å². The lowest BCUT2D eigenvalue weighted by atomic mass is 9.96. The van der Waals surface area contributed by atoms with E-state index < -0.39 is 10.0 Å². The minimum atomic E-state index is -3.66. The number of hydrogen-bond acceptors (Lipinski definition) is 6. The summed E-state index contributed by atoms with van der Waals surface area (Å²) in [6, 6.07) is 7.05. The van der Waals surface area contributed by atoms with Gasteiger partial charge in [0.05, 0.1) is 10.6 Å². The summed E-state index contributed by atoms with van der Waals surface area (Å²) in [5, 5.41) is 1.43. The predicted molar refractivity (Wildman–Crippen MR) is 107 cm³/mol. The van der Waals surface area contributed by atoms with E-state index in [2.05, 4.69) is 30.9 Å². The van der Waals surface area contributed by atoms with E-state index >= 15 is 0 Å². The van der Waals surface area contributed by atoms with Crippen LogP contribution in [0, 0.1) is 0 Å². The van der Waals surface area contributed by atoms with Gasteiger partial charge in [0.15, 0.2) is 0 Å². The van der Waals surface area contributed by atoms with Crippen molar-refractivity contribution in [1.82, 2.24) is 19.3 Å². The molecular weight excluding hydrogens is 430 g/mol. The second-order valence-corrected chi connectivity index (χ2v) is 9.28. The molecule has 1 saturated heterocycles. The third kappa shape index (κ3) is 3.42. The number of fused-ring (bicyclic) bond motifs is 1. The number of nitrogen functional groups attached to an aromatic ring is 1. The van der Waals surface area contributed by atoms with Crippen molar-refractivity contribution < 1.29 is 8.42 Å². The van der Waals surface area contributed by atoms with Crippen LogP contribution in [0.5, 0.6) is 0 Å². The first-order chi connectivity index (χ1) is 13.0. The molecule has 9 heteroatoms. The maximum absolute atomic E-state index is 13.4. The van der Waals surface area contributed by atoms with Crippen LogP contribution in [0.1, 0.15) is 24.5 Å². The van der Waals surface area contributed by atoms with Crippen LogP contribution in [0.25, 0.3) is 10.8 Å². The smallest absolute Gasteiger partial charge is 0.243 e. The molecule has 7 nitrogen and oxygen atoms in total. The molecule has 4 rings (SSSR count). The summed E-state index contributed by atoms with van der Waals surface area (Å²) in [7, 11) is -3.66. The molecule has 0 bridgehead atoms. The van der Waals surface area contributed by atoms with E-state index in [4.69, 9.17) is 5.73 Å². The highest BCUT2D eigenvalue weighted by molar-refractivity contribution is 9.10. The normalized spacial score (nSPS) is 18.6. The number of pyridine rings is 1. The topological polar surface area (TPSA) is 102 Å². The molecule has 3 aromatic rings. The summed E-state index contributed by atoms with van der Waals surface area (Å²) in [4.78, 5) is 12.6. The molecule has 1 aliphatic rings. The van der Waals surface area contributed by atoms with Crippen LogP contribution in [-0.2, 0) is 10.0 Å². The molecule has 0 radical (unpaired) electrons. The molecule has 0 saturated carbocycles. The van der Waals surface area contributed by atoms with E-state index in [1.807, 2.05) is 6.07 Å². The van der Waals surface area contributed by atoms with E-state index in [-0.39, 0.29) is 16.8 Å². The van der Waals surface area contributed by atoms with Crippen molar-refractivity contribution >= 4 is 42.7 Å². The first-order valence-electron chi connectivity index (χ1n) is 8.57. The van der Waals surface area contributed by atoms with Crippen LogP contribution in [0.4, 0.5) is 5.95 Å². The molecule has 0 spiro atoms. The fraction of sp³-hybridized carbons (Fsp3) is 0.278. The minimum Gasteiger partial charge on any atom is -0.368 e. The van der Waals surface area contributed by atoms with Crippen molar-refractivity contribution in [2.45, 2.75) is 23.7 Å². The van der Waals surface area contributed by atoms with E-state index in [0.717, 1.165) is 23.9 Å². The van der Waals surface area contributed by atoms with Gasteiger partial charge in [0.2, 0.25) is 16.0 Å². The van der Waals surface area contributed by atoms with Gasteiger partial charge in [-0.15, -0.1) is 0 Å². The van der Waals surface area contributed by atoms with Crippen molar-refractivity contribution in [2.24, 2.45) is 0 Å². The molecule has 2 N–H and O–H groups in total. The van der Waals surface area contributed by atoms with Crippen molar-refractivity contribution in [3.63, 3.8) is 0 Å². The quantitative estimate of drug-likeness (QED) is 0.661. The first-order valence-corrected chi connectivity index (χ1v) is 10.8. The predicted octanol–water partition coefficient (Wildman–Crippen LogP) is 2.94. The largest absolute Gasteiger partial charge is 0.368 e. The summed E-state index contributed by atoms with van der Waals surface area (Å²) in [5.74, 6) is 0.205. The highest BCUT2D eigenvalue weighted by Gasteiger charge is 2.32. The van der Waals surface area contributed by atoms with Gasteiger partial charge in [0.25, 0.3) is 0 Å². The maximum atomic E-state index is 13.4. The van der Waals surface area contributed by atoms with E-state index in [1.165, 1.54) is 0 Å². The molecule has 140 valence electrons. The highest BCUT2D eigenvalue weighted by Crippen LogP contribution is 2.34. The summed E-state index contributed by atoms with van der Waals surface area (Å²) in [6.45, 7) is 0.858. The standard InChI is InChI=1S/C18H18BrN5O2S/c19-14-10-21-9-12-3-1-5-16(17(12)14)27(25,26)24-8-2-4-13(11-24)15-6-7-22-18(20)23-15/h1,3,5-7,9-10,13H,2,4,8,11H2,(H2,20,22,23). The Balaban J connectivity index is 1.72.